The maximum absolute atomic E-state index is 13.7. The molecular weight excluding hydrogens is 369 g/mol. The van der Waals surface area contributed by atoms with Gasteiger partial charge in [0.2, 0.25) is 5.91 Å². The van der Waals surface area contributed by atoms with Crippen LogP contribution in [0.3, 0.4) is 0 Å². The Hall–Kier alpha value is -2.83. The zero-order chi connectivity index (χ0) is 21.1. The lowest BCUT2D eigenvalue weighted by molar-refractivity contribution is -0.116. The van der Waals surface area contributed by atoms with Crippen LogP contribution in [0.25, 0.3) is 0 Å². The van der Waals surface area contributed by atoms with E-state index in [4.69, 9.17) is 0 Å². The van der Waals surface area contributed by atoms with Gasteiger partial charge in [-0.1, -0.05) is 32.9 Å². The normalized spacial score (nSPS) is 11.2. The van der Waals surface area contributed by atoms with Gasteiger partial charge in [0, 0.05) is 25.7 Å². The Labute approximate surface area is 162 Å². The van der Waals surface area contributed by atoms with E-state index in [1.165, 1.54) is 11.8 Å². The monoisotopic (exact) mass is 392 g/mol. The van der Waals surface area contributed by atoms with Crippen LogP contribution in [0, 0.1) is 17.5 Å². The van der Waals surface area contributed by atoms with Crippen molar-refractivity contribution in [2.45, 2.75) is 33.1 Å². The van der Waals surface area contributed by atoms with E-state index in [1.54, 1.807) is 0 Å². The summed E-state index contributed by atoms with van der Waals surface area (Å²) in [7, 11) is 0. The van der Waals surface area contributed by atoms with Gasteiger partial charge in [0.15, 0.2) is 17.5 Å². The molecule has 0 aromatic heterocycles. The zero-order valence-electron chi connectivity index (χ0n) is 16.3. The highest BCUT2D eigenvalue weighted by Gasteiger charge is 2.19. The molecule has 2 aromatic carbocycles. The maximum Gasteiger partial charge on any atom is 0.254 e. The quantitative estimate of drug-likeness (QED) is 0.776. The Morgan fingerprint density at radius 1 is 0.964 bits per heavy atom. The topological polar surface area (TPSA) is 49.4 Å². The summed E-state index contributed by atoms with van der Waals surface area (Å²) in [6.45, 7) is 7.79. The van der Waals surface area contributed by atoms with Gasteiger partial charge in [-0.2, -0.15) is 0 Å². The summed E-state index contributed by atoms with van der Waals surface area (Å²) in [6.07, 6.45) is 0. The molecule has 0 spiro atoms. The molecule has 2 aromatic rings. The number of anilines is 1. The Bertz CT molecular complexity index is 874. The van der Waals surface area contributed by atoms with Crippen molar-refractivity contribution in [1.29, 1.82) is 0 Å². The van der Waals surface area contributed by atoms with Crippen molar-refractivity contribution in [3.63, 3.8) is 0 Å². The molecule has 0 saturated carbocycles. The fourth-order valence-corrected chi connectivity index (χ4v) is 2.69. The van der Waals surface area contributed by atoms with Crippen LogP contribution in [-0.2, 0) is 10.2 Å². The number of amides is 2. The molecule has 0 fully saturated rings. The number of benzene rings is 2. The lowest BCUT2D eigenvalue weighted by Crippen LogP contribution is -2.37. The standard InChI is InChI=1S/C21H23F3N2O2/c1-13(27)26(15-7-5-14(6-8-15)21(2,3)4)12-11-25-20(28)16-9-10-17(22)19(24)18(16)23/h5-10H,11-12H2,1-4H3,(H,25,28). The average Bonchev–Trinajstić information content (AvgIpc) is 2.62. The lowest BCUT2D eigenvalue weighted by Gasteiger charge is -2.24. The van der Waals surface area contributed by atoms with Gasteiger partial charge in [-0.15, -0.1) is 0 Å². The van der Waals surface area contributed by atoms with Crippen molar-refractivity contribution in [3.05, 3.63) is 65.0 Å². The number of carbonyl (C=O) groups excluding carboxylic acids is 2. The van der Waals surface area contributed by atoms with Crippen LogP contribution < -0.4 is 10.2 Å². The molecule has 0 unspecified atom stereocenters. The first kappa shape index (κ1) is 21.5. The molecule has 0 aliphatic rings. The molecule has 2 rings (SSSR count). The summed E-state index contributed by atoms with van der Waals surface area (Å²) in [4.78, 5) is 25.5. The van der Waals surface area contributed by atoms with Crippen molar-refractivity contribution in [3.8, 4) is 0 Å². The first-order valence-corrected chi connectivity index (χ1v) is 8.82. The molecule has 0 saturated heterocycles. The minimum absolute atomic E-state index is 0.0118. The van der Waals surface area contributed by atoms with E-state index in [-0.39, 0.29) is 24.4 Å². The number of carbonyl (C=O) groups is 2. The summed E-state index contributed by atoms with van der Waals surface area (Å²) >= 11 is 0. The van der Waals surface area contributed by atoms with Crippen LogP contribution in [0.15, 0.2) is 36.4 Å². The number of hydrogen-bond acceptors (Lipinski definition) is 2. The van der Waals surface area contributed by atoms with Crippen LogP contribution in [0.5, 0.6) is 0 Å². The van der Waals surface area contributed by atoms with E-state index in [0.717, 1.165) is 11.6 Å². The van der Waals surface area contributed by atoms with Gasteiger partial charge in [0.25, 0.3) is 5.91 Å². The molecule has 4 nitrogen and oxygen atoms in total. The molecule has 0 heterocycles. The van der Waals surface area contributed by atoms with E-state index in [9.17, 15) is 22.8 Å². The second-order valence-corrected chi connectivity index (χ2v) is 7.45. The summed E-state index contributed by atoms with van der Waals surface area (Å²) in [5.41, 5.74) is 1.15. The maximum atomic E-state index is 13.7. The van der Waals surface area contributed by atoms with E-state index < -0.39 is 28.9 Å². The Morgan fingerprint density at radius 3 is 2.11 bits per heavy atom. The molecule has 1 N–H and O–H groups in total. The summed E-state index contributed by atoms with van der Waals surface area (Å²) in [6, 6.07) is 9.06. The van der Waals surface area contributed by atoms with E-state index in [2.05, 4.69) is 26.1 Å². The SMILES string of the molecule is CC(=O)N(CCNC(=O)c1ccc(F)c(F)c1F)c1ccc(C(C)(C)C)cc1. The third-order valence-electron chi connectivity index (χ3n) is 4.33. The Morgan fingerprint density at radius 2 is 1.57 bits per heavy atom. The van der Waals surface area contributed by atoms with Gasteiger partial charge >= 0.3 is 0 Å². The Kier molecular flexibility index (Phi) is 6.48. The van der Waals surface area contributed by atoms with Crippen LogP contribution >= 0.6 is 0 Å². The van der Waals surface area contributed by atoms with Crippen LogP contribution in [0.4, 0.5) is 18.9 Å². The zero-order valence-corrected chi connectivity index (χ0v) is 16.3. The highest BCUT2D eigenvalue weighted by atomic mass is 19.2. The number of nitrogens with one attached hydrogen (secondary N) is 1. The molecule has 0 atom stereocenters. The van der Waals surface area contributed by atoms with Crippen LogP contribution in [-0.4, -0.2) is 24.9 Å². The largest absolute Gasteiger partial charge is 0.350 e. The average molecular weight is 392 g/mol. The van der Waals surface area contributed by atoms with Gasteiger partial charge in [-0.3, -0.25) is 9.59 Å². The van der Waals surface area contributed by atoms with Crippen molar-refractivity contribution in [1.82, 2.24) is 5.32 Å². The van der Waals surface area contributed by atoms with E-state index in [0.29, 0.717) is 11.8 Å². The van der Waals surface area contributed by atoms with Crippen molar-refractivity contribution >= 4 is 17.5 Å². The van der Waals surface area contributed by atoms with Crippen LogP contribution in [0.2, 0.25) is 0 Å². The number of nitrogens with zero attached hydrogens (tertiary/aromatic N) is 1. The summed E-state index contributed by atoms with van der Waals surface area (Å²) in [5, 5.41) is 2.42. The summed E-state index contributed by atoms with van der Waals surface area (Å²) in [5.74, 6) is -5.72. The molecule has 7 heteroatoms. The molecule has 0 aliphatic heterocycles. The second kappa shape index (κ2) is 8.46. The molecule has 0 radical (unpaired) electrons. The third-order valence-corrected chi connectivity index (χ3v) is 4.33. The van der Waals surface area contributed by atoms with Gasteiger partial charge < -0.3 is 10.2 Å². The predicted octanol–water partition coefficient (Wildman–Crippen LogP) is 4.18. The fourth-order valence-electron chi connectivity index (χ4n) is 2.69. The van der Waals surface area contributed by atoms with Crippen LogP contribution in [0.1, 0.15) is 43.6 Å². The first-order valence-electron chi connectivity index (χ1n) is 8.82. The fraction of sp³-hybridized carbons (Fsp3) is 0.333. The van der Waals surface area contributed by atoms with E-state index >= 15 is 0 Å². The molecule has 0 aliphatic carbocycles. The second-order valence-electron chi connectivity index (χ2n) is 7.45. The highest BCUT2D eigenvalue weighted by molar-refractivity contribution is 5.95. The summed E-state index contributed by atoms with van der Waals surface area (Å²) < 4.78 is 39.9. The van der Waals surface area contributed by atoms with Gasteiger partial charge in [0.05, 0.1) is 5.56 Å². The smallest absolute Gasteiger partial charge is 0.254 e. The minimum atomic E-state index is -1.70. The van der Waals surface area contributed by atoms with E-state index in [1.807, 2.05) is 24.3 Å². The van der Waals surface area contributed by atoms with Crippen molar-refractivity contribution in [2.75, 3.05) is 18.0 Å². The Balaban J connectivity index is 2.05. The minimum Gasteiger partial charge on any atom is -0.350 e. The lowest BCUT2D eigenvalue weighted by atomic mass is 9.87. The number of hydrogen-bond donors (Lipinski definition) is 1. The van der Waals surface area contributed by atoms with Gasteiger partial charge in [-0.05, 0) is 35.2 Å². The third kappa shape index (κ3) is 4.91. The van der Waals surface area contributed by atoms with Crippen molar-refractivity contribution < 1.29 is 22.8 Å². The van der Waals surface area contributed by atoms with Gasteiger partial charge in [0.1, 0.15) is 0 Å². The molecule has 2 amide bonds. The molecule has 0 bridgehead atoms. The molecular formula is C21H23F3N2O2. The first-order chi connectivity index (χ1) is 13.0. The number of halogens is 3. The van der Waals surface area contributed by atoms with Crippen molar-refractivity contribution in [2.24, 2.45) is 0 Å². The molecule has 28 heavy (non-hydrogen) atoms. The van der Waals surface area contributed by atoms with Gasteiger partial charge in [-0.25, -0.2) is 13.2 Å². The molecule has 150 valence electrons. The number of rotatable bonds is 5. The predicted molar refractivity (Wildman–Crippen MR) is 102 cm³/mol. The highest BCUT2D eigenvalue weighted by Crippen LogP contribution is 2.25.